The van der Waals surface area contributed by atoms with Crippen molar-refractivity contribution in [3.8, 4) is 0 Å². The topological polar surface area (TPSA) is 25.8 Å². The predicted molar refractivity (Wildman–Crippen MR) is 57.4 cm³/mol. The molecule has 0 aliphatic heterocycles. The highest BCUT2D eigenvalue weighted by atomic mass is 14.6. The molecular weight excluding hydrogens is 172 g/mol. The Balaban J connectivity index is 2.16. The molecule has 2 heterocycles. The van der Waals surface area contributed by atoms with Gasteiger partial charge in [0.15, 0.2) is 0 Å². The fourth-order valence-electron chi connectivity index (χ4n) is 1.13. The Morgan fingerprint density at radius 2 is 1.93 bits per heavy atom. The first-order chi connectivity index (χ1) is 6.95. The average Bonchev–Trinajstić information content (AvgIpc) is 2.29. The van der Waals surface area contributed by atoms with E-state index >= 15 is 0 Å². The normalized spacial score (nSPS) is 10.6. The monoisotopic (exact) mass is 182 g/mol. The maximum atomic E-state index is 4.19. The van der Waals surface area contributed by atoms with Crippen LogP contribution < -0.4 is 0 Å². The molecule has 0 unspecified atom stereocenters. The zero-order chi connectivity index (χ0) is 9.64. The highest BCUT2D eigenvalue weighted by Crippen LogP contribution is 2.03. The van der Waals surface area contributed by atoms with Gasteiger partial charge < -0.3 is 0 Å². The summed E-state index contributed by atoms with van der Waals surface area (Å²) in [6, 6.07) is 9.76. The first-order valence-corrected chi connectivity index (χ1v) is 4.44. The van der Waals surface area contributed by atoms with E-state index in [1.165, 1.54) is 0 Å². The van der Waals surface area contributed by atoms with Crippen molar-refractivity contribution in [2.24, 2.45) is 0 Å². The fourth-order valence-corrected chi connectivity index (χ4v) is 1.13. The zero-order valence-corrected chi connectivity index (χ0v) is 7.67. The van der Waals surface area contributed by atoms with E-state index in [0.717, 1.165) is 11.3 Å². The Labute approximate surface area is 83.0 Å². The molecule has 0 aromatic carbocycles. The lowest BCUT2D eigenvalue weighted by molar-refractivity contribution is 1.29. The van der Waals surface area contributed by atoms with Crippen LogP contribution in [0.5, 0.6) is 0 Å². The molecule has 0 saturated heterocycles. The van der Waals surface area contributed by atoms with Gasteiger partial charge in [0.2, 0.25) is 0 Å². The number of aromatic nitrogens is 2. The first kappa shape index (κ1) is 8.63. The maximum Gasteiger partial charge on any atom is 0.0629 e. The summed E-state index contributed by atoms with van der Waals surface area (Å²) in [5.74, 6) is 0. The molecule has 68 valence electrons. The smallest absolute Gasteiger partial charge is 0.0629 e. The zero-order valence-electron chi connectivity index (χ0n) is 7.67. The molecule has 0 saturated carbocycles. The second kappa shape index (κ2) is 4.33. The van der Waals surface area contributed by atoms with Gasteiger partial charge in [0.1, 0.15) is 0 Å². The van der Waals surface area contributed by atoms with Crippen LogP contribution in [-0.2, 0) is 0 Å². The predicted octanol–water partition coefficient (Wildman–Crippen LogP) is 2.65. The molecule has 2 aromatic heterocycles. The molecule has 2 heteroatoms. The van der Waals surface area contributed by atoms with Gasteiger partial charge in [0.25, 0.3) is 0 Å². The number of rotatable bonds is 2. The van der Waals surface area contributed by atoms with Crippen LogP contribution in [0, 0.1) is 0 Å². The van der Waals surface area contributed by atoms with E-state index in [0.29, 0.717) is 0 Å². The van der Waals surface area contributed by atoms with Crippen molar-refractivity contribution in [3.63, 3.8) is 0 Å². The van der Waals surface area contributed by atoms with Crippen molar-refractivity contribution in [1.82, 2.24) is 9.97 Å². The molecule has 0 aliphatic rings. The first-order valence-electron chi connectivity index (χ1n) is 4.44. The lowest BCUT2D eigenvalue weighted by Gasteiger charge is -1.91. The lowest BCUT2D eigenvalue weighted by Crippen LogP contribution is -1.77. The molecule has 2 nitrogen and oxygen atoms in total. The van der Waals surface area contributed by atoms with Crippen LogP contribution in [-0.4, -0.2) is 9.97 Å². The van der Waals surface area contributed by atoms with Gasteiger partial charge in [-0.05, 0) is 29.8 Å². The Morgan fingerprint density at radius 1 is 0.929 bits per heavy atom. The SMILES string of the molecule is C(=C\c1ccccn1)/c1cccnc1. The summed E-state index contributed by atoms with van der Waals surface area (Å²) in [7, 11) is 0. The summed E-state index contributed by atoms with van der Waals surface area (Å²) >= 11 is 0. The van der Waals surface area contributed by atoms with Crippen molar-refractivity contribution in [1.29, 1.82) is 0 Å². The van der Waals surface area contributed by atoms with Gasteiger partial charge in [0.05, 0.1) is 5.69 Å². The number of pyridine rings is 2. The molecule has 0 bridgehead atoms. The van der Waals surface area contributed by atoms with Crippen LogP contribution >= 0.6 is 0 Å². The maximum absolute atomic E-state index is 4.19. The minimum Gasteiger partial charge on any atom is -0.264 e. The number of nitrogens with zero attached hydrogens (tertiary/aromatic N) is 2. The molecule has 2 rings (SSSR count). The Kier molecular flexibility index (Phi) is 2.67. The van der Waals surface area contributed by atoms with Gasteiger partial charge in [0, 0.05) is 18.6 Å². The van der Waals surface area contributed by atoms with E-state index in [9.17, 15) is 0 Å². The molecule has 2 aromatic rings. The van der Waals surface area contributed by atoms with Gasteiger partial charge in [-0.15, -0.1) is 0 Å². The molecular formula is C12H10N2. The molecule has 0 fully saturated rings. The van der Waals surface area contributed by atoms with E-state index in [1.54, 1.807) is 12.4 Å². The number of hydrogen-bond acceptors (Lipinski definition) is 2. The van der Waals surface area contributed by atoms with Crippen molar-refractivity contribution in [2.75, 3.05) is 0 Å². The molecule has 0 amide bonds. The third-order valence-electron chi connectivity index (χ3n) is 1.82. The van der Waals surface area contributed by atoms with Crippen LogP contribution in [0.25, 0.3) is 12.2 Å². The summed E-state index contributed by atoms with van der Waals surface area (Å²) in [5.41, 5.74) is 2.04. The highest BCUT2D eigenvalue weighted by molar-refractivity contribution is 5.67. The molecule has 0 aliphatic carbocycles. The van der Waals surface area contributed by atoms with E-state index < -0.39 is 0 Å². The summed E-state index contributed by atoms with van der Waals surface area (Å²) in [6.07, 6.45) is 9.33. The van der Waals surface area contributed by atoms with Gasteiger partial charge in [-0.3, -0.25) is 9.97 Å². The van der Waals surface area contributed by atoms with E-state index in [4.69, 9.17) is 0 Å². The van der Waals surface area contributed by atoms with Crippen molar-refractivity contribution in [2.45, 2.75) is 0 Å². The molecule has 14 heavy (non-hydrogen) atoms. The minimum atomic E-state index is 0.955. The molecule has 0 atom stereocenters. The highest BCUT2D eigenvalue weighted by Gasteiger charge is 1.86. The Bertz CT molecular complexity index is 365. The second-order valence-electron chi connectivity index (χ2n) is 2.87. The summed E-state index contributed by atoms with van der Waals surface area (Å²) in [6.45, 7) is 0. The van der Waals surface area contributed by atoms with Crippen LogP contribution in [0.1, 0.15) is 11.3 Å². The van der Waals surface area contributed by atoms with Crippen LogP contribution in [0.3, 0.4) is 0 Å². The minimum absolute atomic E-state index is 0.955. The van der Waals surface area contributed by atoms with Crippen molar-refractivity contribution >= 4 is 12.2 Å². The standard InChI is InChI=1S/C12H10N2/c1-2-9-14-12(5-1)7-6-11-4-3-8-13-10-11/h1-10H/b7-6+. The molecule has 0 spiro atoms. The van der Waals surface area contributed by atoms with E-state index in [1.807, 2.05) is 48.7 Å². The quantitative estimate of drug-likeness (QED) is 0.713. The number of hydrogen-bond donors (Lipinski definition) is 0. The lowest BCUT2D eigenvalue weighted by atomic mass is 10.2. The van der Waals surface area contributed by atoms with E-state index in [2.05, 4.69) is 9.97 Å². The van der Waals surface area contributed by atoms with Gasteiger partial charge in [-0.25, -0.2) is 0 Å². The van der Waals surface area contributed by atoms with Gasteiger partial charge >= 0.3 is 0 Å². The summed E-state index contributed by atoms with van der Waals surface area (Å²) < 4.78 is 0. The third kappa shape index (κ3) is 2.26. The summed E-state index contributed by atoms with van der Waals surface area (Å²) in [4.78, 5) is 8.21. The Hall–Kier alpha value is -1.96. The van der Waals surface area contributed by atoms with Gasteiger partial charge in [-0.2, -0.15) is 0 Å². The fraction of sp³-hybridized carbons (Fsp3) is 0. The third-order valence-corrected chi connectivity index (χ3v) is 1.82. The van der Waals surface area contributed by atoms with E-state index in [-0.39, 0.29) is 0 Å². The largest absolute Gasteiger partial charge is 0.264 e. The second-order valence-corrected chi connectivity index (χ2v) is 2.87. The van der Waals surface area contributed by atoms with Crippen molar-refractivity contribution < 1.29 is 0 Å². The van der Waals surface area contributed by atoms with Crippen molar-refractivity contribution in [3.05, 3.63) is 60.2 Å². The molecule has 0 radical (unpaired) electrons. The molecule has 0 N–H and O–H groups in total. The van der Waals surface area contributed by atoms with Crippen LogP contribution in [0.4, 0.5) is 0 Å². The van der Waals surface area contributed by atoms with Crippen LogP contribution in [0.15, 0.2) is 48.9 Å². The summed E-state index contributed by atoms with van der Waals surface area (Å²) in [5, 5.41) is 0. The Morgan fingerprint density at radius 3 is 2.64 bits per heavy atom. The van der Waals surface area contributed by atoms with Crippen LogP contribution in [0.2, 0.25) is 0 Å². The average molecular weight is 182 g/mol. The van der Waals surface area contributed by atoms with Gasteiger partial charge in [-0.1, -0.05) is 18.2 Å².